The highest BCUT2D eigenvalue weighted by Gasteiger charge is 2.20. The summed E-state index contributed by atoms with van der Waals surface area (Å²) in [5.74, 6) is 2.42. The average molecular weight is 518 g/mol. The first-order chi connectivity index (χ1) is 18.0. The lowest BCUT2D eigenvalue weighted by Gasteiger charge is -2.21. The van der Waals surface area contributed by atoms with Gasteiger partial charge < -0.3 is 20.3 Å². The molecule has 3 heterocycles. The molecule has 4 rings (SSSR count). The van der Waals surface area contributed by atoms with Gasteiger partial charge in [-0.15, -0.1) is 17.8 Å². The third-order valence-corrected chi connectivity index (χ3v) is 7.21. The maximum atomic E-state index is 13.3. The molecule has 0 radical (unpaired) electrons. The monoisotopic (exact) mass is 517 g/mol. The number of rotatable bonds is 10. The van der Waals surface area contributed by atoms with Crippen molar-refractivity contribution in [3.05, 3.63) is 53.2 Å². The van der Waals surface area contributed by atoms with Crippen molar-refractivity contribution in [2.24, 2.45) is 0 Å². The lowest BCUT2D eigenvalue weighted by atomic mass is 10.2. The molecule has 0 unspecified atom stereocenters. The van der Waals surface area contributed by atoms with Crippen LogP contribution in [0, 0.1) is 19.3 Å². The van der Waals surface area contributed by atoms with Gasteiger partial charge in [0.2, 0.25) is 0 Å². The molecule has 8 nitrogen and oxygen atoms in total. The number of thiophene rings is 1. The molecule has 37 heavy (non-hydrogen) atoms. The van der Waals surface area contributed by atoms with Crippen LogP contribution in [0.25, 0.3) is 21.1 Å². The van der Waals surface area contributed by atoms with Gasteiger partial charge >= 0.3 is 6.03 Å². The number of ether oxygens (including phenoxy) is 1. The number of anilines is 2. The fourth-order valence-corrected chi connectivity index (χ4v) is 5.28. The maximum absolute atomic E-state index is 13.3. The number of amides is 2. The van der Waals surface area contributed by atoms with Gasteiger partial charge in [-0.25, -0.2) is 4.79 Å². The Balaban J connectivity index is 1.60. The van der Waals surface area contributed by atoms with Crippen LogP contribution < -0.4 is 10.6 Å². The van der Waals surface area contributed by atoms with E-state index in [2.05, 4.69) is 28.5 Å². The Morgan fingerprint density at radius 2 is 2.05 bits per heavy atom. The number of nitrogens with one attached hydrogen (secondary N) is 2. The standard InChI is InChI=1S/C28H31N5O3S/c1-5-7-13-32(14-15-36-4)27(34)25-18-23-26(37-25)22(10-12-29-23)31-21-8-9-24-20(17-21)16-19(3)33(24)28(35)30-11-6-2/h2,8-10,12,16-18H,5,7,11,13-15H2,1,3-4H3,(H,29,31)(H,30,35). The van der Waals surface area contributed by atoms with E-state index in [1.54, 1.807) is 17.9 Å². The van der Waals surface area contributed by atoms with Crippen molar-refractivity contribution >= 4 is 55.8 Å². The van der Waals surface area contributed by atoms with Crippen LogP contribution in [0.4, 0.5) is 16.2 Å². The molecule has 2 amide bonds. The summed E-state index contributed by atoms with van der Waals surface area (Å²) in [6, 6.07) is 11.3. The smallest absolute Gasteiger partial charge is 0.327 e. The predicted octanol–water partition coefficient (Wildman–Crippen LogP) is 5.38. The molecule has 0 saturated carbocycles. The summed E-state index contributed by atoms with van der Waals surface area (Å²) in [6.45, 7) is 5.93. The number of fused-ring (bicyclic) bond motifs is 2. The van der Waals surface area contributed by atoms with E-state index in [0.717, 1.165) is 51.0 Å². The van der Waals surface area contributed by atoms with Crippen molar-refractivity contribution in [3.63, 3.8) is 0 Å². The Labute approximate surface area is 220 Å². The van der Waals surface area contributed by atoms with Crippen molar-refractivity contribution in [1.82, 2.24) is 19.8 Å². The molecule has 0 spiro atoms. The van der Waals surface area contributed by atoms with Crippen molar-refractivity contribution in [2.75, 3.05) is 38.7 Å². The fraction of sp³-hybridized carbons (Fsp3) is 0.321. The van der Waals surface area contributed by atoms with E-state index in [1.807, 2.05) is 48.2 Å². The zero-order chi connectivity index (χ0) is 26.4. The number of pyridine rings is 1. The second kappa shape index (κ2) is 11.9. The number of hydrogen-bond acceptors (Lipinski definition) is 6. The van der Waals surface area contributed by atoms with Crippen LogP contribution in [0.5, 0.6) is 0 Å². The summed E-state index contributed by atoms with van der Waals surface area (Å²) in [7, 11) is 1.64. The molecule has 0 aliphatic heterocycles. The first-order valence-electron chi connectivity index (χ1n) is 12.2. The molecule has 0 atom stereocenters. The predicted molar refractivity (Wildman–Crippen MR) is 150 cm³/mol. The van der Waals surface area contributed by atoms with Gasteiger partial charge in [-0.05, 0) is 49.7 Å². The molecule has 0 aliphatic carbocycles. The largest absolute Gasteiger partial charge is 0.383 e. The molecule has 9 heteroatoms. The summed E-state index contributed by atoms with van der Waals surface area (Å²) < 4.78 is 7.74. The SMILES string of the molecule is C#CCNC(=O)n1c(C)cc2cc(Nc3ccnc4cc(C(=O)N(CCCC)CCOC)sc34)ccc21. The van der Waals surface area contributed by atoms with Crippen molar-refractivity contribution < 1.29 is 14.3 Å². The molecule has 0 saturated heterocycles. The molecule has 0 aliphatic rings. The Kier molecular flexibility index (Phi) is 8.43. The van der Waals surface area contributed by atoms with E-state index in [4.69, 9.17) is 11.2 Å². The maximum Gasteiger partial charge on any atom is 0.327 e. The average Bonchev–Trinajstić information content (AvgIpc) is 3.48. The van der Waals surface area contributed by atoms with Gasteiger partial charge in [0.25, 0.3) is 5.91 Å². The highest BCUT2D eigenvalue weighted by Crippen LogP contribution is 2.34. The Morgan fingerprint density at radius 3 is 2.81 bits per heavy atom. The third kappa shape index (κ3) is 5.77. The molecule has 0 fully saturated rings. The Morgan fingerprint density at radius 1 is 1.22 bits per heavy atom. The van der Waals surface area contributed by atoms with E-state index >= 15 is 0 Å². The molecular weight excluding hydrogens is 486 g/mol. The highest BCUT2D eigenvalue weighted by molar-refractivity contribution is 7.21. The molecule has 192 valence electrons. The second-order valence-corrected chi connectivity index (χ2v) is 9.76. The van der Waals surface area contributed by atoms with Gasteiger partial charge in [-0.3, -0.25) is 14.3 Å². The summed E-state index contributed by atoms with van der Waals surface area (Å²) >= 11 is 1.44. The van der Waals surface area contributed by atoms with Crippen LogP contribution >= 0.6 is 11.3 Å². The van der Waals surface area contributed by atoms with E-state index in [9.17, 15) is 9.59 Å². The van der Waals surface area contributed by atoms with E-state index in [1.165, 1.54) is 11.3 Å². The molecule has 3 aromatic heterocycles. The lowest BCUT2D eigenvalue weighted by Crippen LogP contribution is -2.34. The van der Waals surface area contributed by atoms with Crippen LogP contribution in [0.15, 0.2) is 42.6 Å². The first kappa shape index (κ1) is 26.2. The molecule has 1 aromatic carbocycles. The number of nitrogens with zero attached hydrogens (tertiary/aromatic N) is 3. The van der Waals surface area contributed by atoms with Gasteiger partial charge in [-0.2, -0.15) is 0 Å². The first-order valence-corrected chi connectivity index (χ1v) is 13.1. The summed E-state index contributed by atoms with van der Waals surface area (Å²) in [5, 5.41) is 7.11. The number of terminal acetylenes is 1. The van der Waals surface area contributed by atoms with Gasteiger partial charge in [0.15, 0.2) is 0 Å². The summed E-state index contributed by atoms with van der Waals surface area (Å²) in [4.78, 5) is 32.8. The third-order valence-electron chi connectivity index (χ3n) is 6.07. The van der Waals surface area contributed by atoms with Gasteiger partial charge in [-0.1, -0.05) is 19.3 Å². The minimum absolute atomic E-state index is 0.000738. The van der Waals surface area contributed by atoms with Crippen molar-refractivity contribution in [2.45, 2.75) is 26.7 Å². The number of unbranched alkanes of at least 4 members (excludes halogenated alkanes) is 1. The highest BCUT2D eigenvalue weighted by atomic mass is 32.1. The van der Waals surface area contributed by atoms with Crippen LogP contribution in [-0.4, -0.2) is 59.7 Å². The minimum Gasteiger partial charge on any atom is -0.383 e. The number of aryl methyl sites for hydroxylation is 1. The van der Waals surface area contributed by atoms with Crippen molar-refractivity contribution in [3.8, 4) is 12.3 Å². The van der Waals surface area contributed by atoms with Crippen molar-refractivity contribution in [1.29, 1.82) is 0 Å². The number of hydrogen-bond donors (Lipinski definition) is 2. The fourth-order valence-electron chi connectivity index (χ4n) is 4.22. The summed E-state index contributed by atoms with van der Waals surface area (Å²) in [6.07, 6.45) is 8.97. The van der Waals surface area contributed by atoms with E-state index in [-0.39, 0.29) is 18.5 Å². The molecule has 4 aromatic rings. The zero-order valence-corrected chi connectivity index (χ0v) is 22.2. The van der Waals surface area contributed by atoms with Crippen LogP contribution in [0.2, 0.25) is 0 Å². The lowest BCUT2D eigenvalue weighted by molar-refractivity contribution is 0.0697. The number of carbonyl (C=O) groups excluding carboxylic acids is 2. The Hall–Kier alpha value is -3.87. The van der Waals surface area contributed by atoms with Crippen LogP contribution in [0.1, 0.15) is 35.1 Å². The van der Waals surface area contributed by atoms with Gasteiger partial charge in [0, 0.05) is 43.2 Å². The van der Waals surface area contributed by atoms with E-state index in [0.29, 0.717) is 24.6 Å². The quantitative estimate of drug-likeness (QED) is 0.276. The number of methoxy groups -OCH3 is 1. The number of aromatic nitrogens is 2. The summed E-state index contributed by atoms with van der Waals surface area (Å²) in [5.41, 5.74) is 4.12. The Bertz CT molecular complexity index is 1460. The van der Waals surface area contributed by atoms with Gasteiger partial charge in [0.1, 0.15) is 0 Å². The zero-order valence-electron chi connectivity index (χ0n) is 21.3. The molecule has 2 N–H and O–H groups in total. The topological polar surface area (TPSA) is 88.5 Å². The van der Waals surface area contributed by atoms with E-state index < -0.39 is 0 Å². The minimum atomic E-state index is -0.253. The number of carbonyl (C=O) groups is 2. The molecular formula is C28H31N5O3S. The molecule has 0 bridgehead atoms. The second-order valence-electron chi connectivity index (χ2n) is 8.70. The normalized spacial score (nSPS) is 11.0. The van der Waals surface area contributed by atoms with Gasteiger partial charge in [0.05, 0.1) is 39.4 Å². The number of benzene rings is 1. The van der Waals surface area contributed by atoms with Crippen LogP contribution in [-0.2, 0) is 4.74 Å². The van der Waals surface area contributed by atoms with Crippen LogP contribution in [0.3, 0.4) is 0 Å².